The van der Waals surface area contributed by atoms with Crippen molar-refractivity contribution in [2.75, 3.05) is 7.11 Å². The summed E-state index contributed by atoms with van der Waals surface area (Å²) < 4.78 is 44.6. The zero-order chi connectivity index (χ0) is 24.5. The molecule has 1 saturated heterocycles. The van der Waals surface area contributed by atoms with Crippen LogP contribution in [0.2, 0.25) is 0 Å². The van der Waals surface area contributed by atoms with E-state index in [1.54, 1.807) is 24.3 Å². The number of methoxy groups -OCH3 is 1. The van der Waals surface area contributed by atoms with E-state index >= 15 is 0 Å². The number of aromatic nitrogens is 1. The van der Waals surface area contributed by atoms with E-state index in [9.17, 15) is 27.9 Å². The number of rotatable bonds is 5. The van der Waals surface area contributed by atoms with Gasteiger partial charge in [0.25, 0.3) is 11.7 Å². The molecule has 2 heterocycles. The molecule has 0 bridgehead atoms. The molecule has 2 aromatic carbocycles. The highest BCUT2D eigenvalue weighted by atomic mass is 19.4. The number of amides is 1. The molecule has 34 heavy (non-hydrogen) atoms. The van der Waals surface area contributed by atoms with Gasteiger partial charge in [-0.25, -0.2) is 0 Å². The van der Waals surface area contributed by atoms with Crippen molar-refractivity contribution in [3.63, 3.8) is 0 Å². The lowest BCUT2D eigenvalue weighted by atomic mass is 9.95. The number of nitrogens with zero attached hydrogens (tertiary/aromatic N) is 2. The van der Waals surface area contributed by atoms with Gasteiger partial charge < -0.3 is 14.7 Å². The number of hydrogen-bond acceptors (Lipinski definition) is 5. The molecule has 6 nitrogen and oxygen atoms in total. The Morgan fingerprint density at radius 1 is 1.06 bits per heavy atom. The Hall–Kier alpha value is -4.14. The Labute approximate surface area is 192 Å². The molecule has 9 heteroatoms. The lowest BCUT2D eigenvalue weighted by molar-refractivity contribution is -0.140. The minimum Gasteiger partial charge on any atom is -0.507 e. The standard InChI is InChI=1S/C25H19F3N2O4/c1-34-19-7-5-17(6-8-19)22(31)20-21(16-9-11-29-12-10-16)30(24(33)23(20)32)14-15-3-2-4-18(13-15)25(26,27)28/h2-13,21,31H,14H2,1H3/b22-20+. The van der Waals surface area contributed by atoms with Crippen LogP contribution in [0.5, 0.6) is 5.75 Å². The van der Waals surface area contributed by atoms with Crippen LogP contribution in [-0.4, -0.2) is 33.8 Å². The summed E-state index contributed by atoms with van der Waals surface area (Å²) in [5, 5.41) is 11.0. The average Bonchev–Trinajstić information content (AvgIpc) is 3.09. The van der Waals surface area contributed by atoms with E-state index < -0.39 is 35.2 Å². The molecule has 1 amide bonds. The maximum Gasteiger partial charge on any atom is 0.416 e. The Kier molecular flexibility index (Phi) is 6.10. The number of Topliss-reactive ketones (excluding diaryl/α,β-unsaturated/α-hetero) is 1. The molecule has 1 fully saturated rings. The lowest BCUT2D eigenvalue weighted by Crippen LogP contribution is -2.29. The number of ketones is 1. The number of halogens is 3. The number of likely N-dealkylation sites (tertiary alicyclic amines) is 1. The molecule has 1 aliphatic rings. The van der Waals surface area contributed by atoms with Gasteiger partial charge >= 0.3 is 6.18 Å². The summed E-state index contributed by atoms with van der Waals surface area (Å²) in [5.74, 6) is -1.71. The maximum absolute atomic E-state index is 13.2. The van der Waals surface area contributed by atoms with E-state index in [-0.39, 0.29) is 23.2 Å². The summed E-state index contributed by atoms with van der Waals surface area (Å²) in [7, 11) is 1.48. The van der Waals surface area contributed by atoms with E-state index in [2.05, 4.69) is 4.98 Å². The molecule has 3 aromatic rings. The zero-order valence-electron chi connectivity index (χ0n) is 17.9. The highest BCUT2D eigenvalue weighted by Crippen LogP contribution is 2.40. The predicted molar refractivity (Wildman–Crippen MR) is 117 cm³/mol. The van der Waals surface area contributed by atoms with Gasteiger partial charge in [-0.1, -0.05) is 12.1 Å². The number of carbonyl (C=O) groups is 2. The van der Waals surface area contributed by atoms with Crippen molar-refractivity contribution in [1.29, 1.82) is 0 Å². The first-order valence-electron chi connectivity index (χ1n) is 10.2. The fraction of sp³-hybridized carbons (Fsp3) is 0.160. The van der Waals surface area contributed by atoms with Crippen molar-refractivity contribution < 1.29 is 32.6 Å². The van der Waals surface area contributed by atoms with E-state index in [1.807, 2.05) is 0 Å². The fourth-order valence-corrected chi connectivity index (χ4v) is 3.88. The van der Waals surface area contributed by atoms with Crippen LogP contribution in [0.4, 0.5) is 13.2 Å². The third-order valence-electron chi connectivity index (χ3n) is 5.53. The van der Waals surface area contributed by atoms with E-state index in [0.717, 1.165) is 17.0 Å². The summed E-state index contributed by atoms with van der Waals surface area (Å²) >= 11 is 0. The van der Waals surface area contributed by atoms with Crippen molar-refractivity contribution >= 4 is 17.4 Å². The second-order valence-corrected chi connectivity index (χ2v) is 7.63. The van der Waals surface area contributed by atoms with Gasteiger partial charge in [0.1, 0.15) is 11.5 Å². The summed E-state index contributed by atoms with van der Waals surface area (Å²) in [6.07, 6.45) is -1.62. The van der Waals surface area contributed by atoms with Crippen molar-refractivity contribution in [3.05, 3.63) is 101 Å². The molecular weight excluding hydrogens is 449 g/mol. The summed E-state index contributed by atoms with van der Waals surface area (Å²) in [5.41, 5.74) is -0.0537. The molecule has 0 spiro atoms. The molecule has 1 N–H and O–H groups in total. The van der Waals surface area contributed by atoms with Crippen LogP contribution in [0.15, 0.2) is 78.6 Å². The molecule has 1 aromatic heterocycles. The first-order valence-corrected chi connectivity index (χ1v) is 10.2. The number of hydrogen-bond donors (Lipinski definition) is 1. The van der Waals surface area contributed by atoms with Crippen LogP contribution in [0, 0.1) is 0 Å². The number of carbonyl (C=O) groups excluding carboxylic acids is 2. The number of pyridine rings is 1. The molecule has 0 radical (unpaired) electrons. The van der Waals surface area contributed by atoms with Crippen LogP contribution in [0.25, 0.3) is 5.76 Å². The van der Waals surface area contributed by atoms with Crippen molar-refractivity contribution in [3.8, 4) is 5.75 Å². The van der Waals surface area contributed by atoms with Gasteiger partial charge in [0, 0.05) is 24.5 Å². The smallest absolute Gasteiger partial charge is 0.416 e. The van der Waals surface area contributed by atoms with Gasteiger partial charge in [-0.2, -0.15) is 13.2 Å². The second-order valence-electron chi connectivity index (χ2n) is 7.63. The molecule has 0 saturated carbocycles. The van der Waals surface area contributed by atoms with Crippen LogP contribution < -0.4 is 4.74 Å². The van der Waals surface area contributed by atoms with Crippen LogP contribution in [0.3, 0.4) is 0 Å². The van der Waals surface area contributed by atoms with Gasteiger partial charge in [0.15, 0.2) is 0 Å². The van der Waals surface area contributed by atoms with Gasteiger partial charge in [-0.15, -0.1) is 0 Å². The van der Waals surface area contributed by atoms with Gasteiger partial charge in [-0.3, -0.25) is 14.6 Å². The Balaban J connectivity index is 1.81. The monoisotopic (exact) mass is 468 g/mol. The molecule has 1 unspecified atom stereocenters. The Morgan fingerprint density at radius 3 is 2.35 bits per heavy atom. The van der Waals surface area contributed by atoms with Gasteiger partial charge in [0.05, 0.1) is 24.3 Å². The molecule has 174 valence electrons. The number of benzene rings is 2. The quantitative estimate of drug-likeness (QED) is 0.333. The molecular formula is C25H19F3N2O4. The number of alkyl halides is 3. The van der Waals surface area contributed by atoms with Gasteiger partial charge in [-0.05, 0) is 59.7 Å². The largest absolute Gasteiger partial charge is 0.507 e. The van der Waals surface area contributed by atoms with Crippen molar-refractivity contribution in [2.45, 2.75) is 18.8 Å². The minimum absolute atomic E-state index is 0.159. The van der Waals surface area contributed by atoms with E-state index in [1.165, 1.54) is 43.8 Å². The van der Waals surface area contributed by atoms with E-state index in [0.29, 0.717) is 11.3 Å². The van der Waals surface area contributed by atoms with Gasteiger partial charge in [0.2, 0.25) is 0 Å². The predicted octanol–water partition coefficient (Wildman–Crippen LogP) is 4.73. The SMILES string of the molecule is COc1ccc(/C(O)=C2\C(=O)C(=O)N(Cc3cccc(C(F)(F)F)c3)C2c2ccncc2)cc1. The van der Waals surface area contributed by atoms with Crippen LogP contribution >= 0.6 is 0 Å². The first-order chi connectivity index (χ1) is 16.2. The fourth-order valence-electron chi connectivity index (χ4n) is 3.88. The van der Waals surface area contributed by atoms with Crippen molar-refractivity contribution in [1.82, 2.24) is 9.88 Å². The third-order valence-corrected chi connectivity index (χ3v) is 5.53. The third kappa shape index (κ3) is 4.36. The number of ether oxygens (including phenoxy) is 1. The van der Waals surface area contributed by atoms with Crippen LogP contribution in [-0.2, 0) is 22.3 Å². The topological polar surface area (TPSA) is 79.7 Å². The lowest BCUT2D eigenvalue weighted by Gasteiger charge is -2.25. The Morgan fingerprint density at radius 2 is 1.74 bits per heavy atom. The number of aliphatic hydroxyl groups excluding tert-OH is 1. The highest BCUT2D eigenvalue weighted by Gasteiger charge is 2.46. The maximum atomic E-state index is 13.2. The molecule has 0 aliphatic carbocycles. The Bertz CT molecular complexity index is 1260. The second kappa shape index (κ2) is 9.01. The van der Waals surface area contributed by atoms with E-state index in [4.69, 9.17) is 4.74 Å². The van der Waals surface area contributed by atoms with Crippen molar-refractivity contribution in [2.24, 2.45) is 0 Å². The summed E-state index contributed by atoms with van der Waals surface area (Å²) in [4.78, 5) is 31.1. The first kappa shape index (κ1) is 23.0. The summed E-state index contributed by atoms with van der Waals surface area (Å²) in [6.45, 7) is -0.263. The average molecular weight is 468 g/mol. The normalized spacial score (nSPS) is 17.8. The zero-order valence-corrected chi connectivity index (χ0v) is 17.9. The summed E-state index contributed by atoms with van der Waals surface area (Å²) in [6, 6.07) is 13.0. The van der Waals surface area contributed by atoms with Crippen LogP contribution in [0.1, 0.15) is 28.3 Å². The highest BCUT2D eigenvalue weighted by molar-refractivity contribution is 6.46. The minimum atomic E-state index is -4.55. The molecule has 1 aliphatic heterocycles. The molecule has 1 atom stereocenters. The molecule has 4 rings (SSSR count). The number of aliphatic hydroxyl groups is 1.